The molecule has 1 aliphatic rings. The lowest BCUT2D eigenvalue weighted by molar-refractivity contribution is -0.0217. The van der Waals surface area contributed by atoms with Gasteiger partial charge in [0, 0.05) is 24.9 Å². The Hall–Kier alpha value is -0.580. The Morgan fingerprint density at radius 3 is 2.39 bits per heavy atom. The molecule has 0 radical (unpaired) electrons. The zero-order valence-electron chi connectivity index (χ0n) is 10.6. The molecule has 1 fully saturated rings. The number of likely N-dealkylation sites (tertiary alicyclic amines) is 1. The van der Waals surface area contributed by atoms with Gasteiger partial charge in [0.05, 0.1) is 5.60 Å². The number of halogens is 1. The first kappa shape index (κ1) is 13.8. The first-order valence-electron chi connectivity index (χ1n) is 6.37. The Kier molecular flexibility index (Phi) is 4.30. The summed E-state index contributed by atoms with van der Waals surface area (Å²) in [5.41, 5.74) is 0.336. The maximum absolute atomic E-state index is 12.8. The van der Waals surface area contributed by atoms with Crippen LogP contribution in [-0.4, -0.2) is 34.1 Å². The van der Waals surface area contributed by atoms with E-state index in [0.29, 0.717) is 6.42 Å². The van der Waals surface area contributed by atoms with Gasteiger partial charge in [0.25, 0.3) is 0 Å². The molecule has 1 N–H and O–H groups in total. The molecule has 2 rings (SSSR count). The van der Waals surface area contributed by atoms with Crippen LogP contribution in [-0.2, 0) is 6.42 Å². The third-order valence-corrected chi connectivity index (χ3v) is 4.03. The van der Waals surface area contributed by atoms with E-state index in [0.717, 1.165) is 31.5 Å². The lowest BCUT2D eigenvalue weighted by Crippen LogP contribution is -2.47. The summed E-state index contributed by atoms with van der Waals surface area (Å²) >= 11 is 4.41. The van der Waals surface area contributed by atoms with Crippen molar-refractivity contribution < 1.29 is 9.50 Å². The van der Waals surface area contributed by atoms with E-state index >= 15 is 0 Å². The van der Waals surface area contributed by atoms with E-state index in [1.165, 1.54) is 12.1 Å². The van der Waals surface area contributed by atoms with Crippen molar-refractivity contribution >= 4 is 12.6 Å². The van der Waals surface area contributed by atoms with E-state index in [1.54, 1.807) is 12.1 Å². The molecule has 0 amide bonds. The Morgan fingerprint density at radius 2 is 1.89 bits per heavy atom. The number of hydrogen-bond acceptors (Lipinski definition) is 3. The second-order valence-corrected chi connectivity index (χ2v) is 5.94. The third kappa shape index (κ3) is 3.46. The number of aliphatic hydroxyl groups is 1. The molecule has 1 atom stereocenters. The van der Waals surface area contributed by atoms with Gasteiger partial charge < -0.3 is 5.11 Å². The van der Waals surface area contributed by atoms with Crippen LogP contribution in [0.25, 0.3) is 0 Å². The first-order chi connectivity index (χ1) is 8.48. The molecule has 0 aliphatic carbocycles. The third-order valence-electron chi connectivity index (χ3n) is 3.70. The number of piperidine rings is 1. The van der Waals surface area contributed by atoms with Crippen LogP contribution in [0.4, 0.5) is 4.39 Å². The number of benzene rings is 1. The number of rotatable bonds is 3. The van der Waals surface area contributed by atoms with E-state index in [2.05, 4.69) is 17.5 Å². The van der Waals surface area contributed by atoms with Crippen molar-refractivity contribution in [3.05, 3.63) is 35.6 Å². The van der Waals surface area contributed by atoms with Gasteiger partial charge in [-0.1, -0.05) is 12.1 Å². The summed E-state index contributed by atoms with van der Waals surface area (Å²) in [7, 11) is 0. The Morgan fingerprint density at radius 1 is 1.33 bits per heavy atom. The molecule has 1 heterocycles. The van der Waals surface area contributed by atoms with E-state index < -0.39 is 5.60 Å². The topological polar surface area (TPSA) is 23.5 Å². The van der Waals surface area contributed by atoms with Gasteiger partial charge in [-0.25, -0.2) is 4.39 Å². The van der Waals surface area contributed by atoms with Crippen molar-refractivity contribution in [2.75, 3.05) is 13.1 Å². The number of nitrogens with zero attached hydrogens (tertiary/aromatic N) is 1. The van der Waals surface area contributed by atoms with Crippen LogP contribution in [0.5, 0.6) is 0 Å². The van der Waals surface area contributed by atoms with Crippen LogP contribution in [0.15, 0.2) is 24.3 Å². The van der Waals surface area contributed by atoms with Crippen LogP contribution < -0.4 is 0 Å². The summed E-state index contributed by atoms with van der Waals surface area (Å²) in [6.07, 6.45) is 2.09. The molecule has 0 spiro atoms. The highest BCUT2D eigenvalue weighted by molar-refractivity contribution is 7.80. The standard InChI is InChI=1S/C14H20FNOS/c1-11(18)16-8-6-14(17,7-9-16)10-12-2-4-13(15)5-3-12/h2-5,11,17-18H,6-10H2,1H3. The molecular formula is C14H20FNOS. The van der Waals surface area contributed by atoms with Crippen molar-refractivity contribution in [2.45, 2.75) is 37.2 Å². The van der Waals surface area contributed by atoms with Crippen molar-refractivity contribution in [1.82, 2.24) is 4.90 Å². The molecule has 1 aromatic carbocycles. The minimum atomic E-state index is -0.656. The van der Waals surface area contributed by atoms with Crippen LogP contribution in [0.3, 0.4) is 0 Å². The molecule has 1 saturated heterocycles. The average Bonchev–Trinajstić information content (AvgIpc) is 2.32. The van der Waals surface area contributed by atoms with E-state index in [4.69, 9.17) is 0 Å². The van der Waals surface area contributed by atoms with Crippen molar-refractivity contribution in [3.8, 4) is 0 Å². The quantitative estimate of drug-likeness (QED) is 0.824. The second kappa shape index (κ2) is 5.59. The highest BCUT2D eigenvalue weighted by Gasteiger charge is 2.33. The maximum atomic E-state index is 12.8. The smallest absolute Gasteiger partial charge is 0.123 e. The van der Waals surface area contributed by atoms with Crippen LogP contribution in [0.2, 0.25) is 0 Å². The molecular weight excluding hydrogens is 249 g/mol. The summed E-state index contributed by atoms with van der Waals surface area (Å²) in [5, 5.41) is 10.8. The fourth-order valence-corrected chi connectivity index (χ4v) is 2.70. The van der Waals surface area contributed by atoms with Gasteiger partial charge in [0.2, 0.25) is 0 Å². The molecule has 2 nitrogen and oxygen atoms in total. The summed E-state index contributed by atoms with van der Waals surface area (Å²) in [6.45, 7) is 3.78. The molecule has 0 aromatic heterocycles. The van der Waals surface area contributed by atoms with Crippen LogP contribution in [0, 0.1) is 5.82 Å². The van der Waals surface area contributed by atoms with Crippen LogP contribution in [0.1, 0.15) is 25.3 Å². The first-order valence-corrected chi connectivity index (χ1v) is 6.89. The molecule has 18 heavy (non-hydrogen) atoms. The zero-order valence-corrected chi connectivity index (χ0v) is 11.5. The van der Waals surface area contributed by atoms with E-state index in [9.17, 15) is 9.50 Å². The molecule has 1 aliphatic heterocycles. The van der Waals surface area contributed by atoms with Gasteiger partial charge in [0.15, 0.2) is 0 Å². The maximum Gasteiger partial charge on any atom is 0.123 e. The number of hydrogen-bond donors (Lipinski definition) is 2. The fraction of sp³-hybridized carbons (Fsp3) is 0.571. The van der Waals surface area contributed by atoms with Crippen molar-refractivity contribution in [3.63, 3.8) is 0 Å². The molecule has 1 unspecified atom stereocenters. The minimum Gasteiger partial charge on any atom is -0.389 e. The SMILES string of the molecule is CC(S)N1CCC(O)(Cc2ccc(F)cc2)CC1. The molecule has 100 valence electrons. The largest absolute Gasteiger partial charge is 0.389 e. The Labute approximate surface area is 113 Å². The summed E-state index contributed by atoms with van der Waals surface area (Å²) in [5.74, 6) is -0.232. The average molecular weight is 269 g/mol. The Bertz CT molecular complexity index is 385. The van der Waals surface area contributed by atoms with Crippen molar-refractivity contribution in [1.29, 1.82) is 0 Å². The lowest BCUT2D eigenvalue weighted by Gasteiger charge is -2.39. The predicted octanol–water partition coefficient (Wildman–Crippen LogP) is 2.47. The monoisotopic (exact) mass is 269 g/mol. The highest BCUT2D eigenvalue weighted by Crippen LogP contribution is 2.27. The zero-order chi connectivity index (χ0) is 13.2. The molecule has 0 saturated carbocycles. The highest BCUT2D eigenvalue weighted by atomic mass is 32.1. The lowest BCUT2D eigenvalue weighted by atomic mass is 9.85. The normalized spacial score (nSPS) is 21.8. The van der Waals surface area contributed by atoms with Crippen molar-refractivity contribution in [2.24, 2.45) is 0 Å². The second-order valence-electron chi connectivity index (χ2n) is 5.20. The van der Waals surface area contributed by atoms with Gasteiger partial charge in [-0.15, -0.1) is 0 Å². The predicted molar refractivity (Wildman–Crippen MR) is 74.3 cm³/mol. The molecule has 1 aromatic rings. The fourth-order valence-electron chi connectivity index (χ4n) is 2.47. The van der Waals surface area contributed by atoms with E-state index in [-0.39, 0.29) is 11.2 Å². The summed E-state index contributed by atoms with van der Waals surface area (Å²) < 4.78 is 12.8. The van der Waals surface area contributed by atoms with Gasteiger partial charge >= 0.3 is 0 Å². The van der Waals surface area contributed by atoms with Gasteiger partial charge in [-0.3, -0.25) is 4.90 Å². The minimum absolute atomic E-state index is 0.232. The summed E-state index contributed by atoms with van der Waals surface area (Å²) in [6, 6.07) is 6.40. The van der Waals surface area contributed by atoms with Gasteiger partial charge in [-0.05, 0) is 37.5 Å². The Balaban J connectivity index is 1.95. The van der Waals surface area contributed by atoms with Gasteiger partial charge in [-0.2, -0.15) is 12.6 Å². The van der Waals surface area contributed by atoms with Gasteiger partial charge in [0.1, 0.15) is 5.82 Å². The van der Waals surface area contributed by atoms with E-state index in [1.807, 2.05) is 6.92 Å². The molecule has 4 heteroatoms. The summed E-state index contributed by atoms with van der Waals surface area (Å²) in [4.78, 5) is 2.25. The van der Waals surface area contributed by atoms with Crippen LogP contribution >= 0.6 is 12.6 Å². The molecule has 0 bridgehead atoms. The number of thiol groups is 1.